The fourth-order valence-corrected chi connectivity index (χ4v) is 4.66. The molecule has 0 N–H and O–H groups in total. The molecule has 0 unspecified atom stereocenters. The maximum absolute atomic E-state index is 14.1. The highest BCUT2D eigenvalue weighted by atomic mass is 79.9. The number of halogens is 2. The molecule has 3 rings (SSSR count). The summed E-state index contributed by atoms with van der Waals surface area (Å²) in [6, 6.07) is 12.1. The molecule has 1 aliphatic rings. The molecule has 0 bridgehead atoms. The highest BCUT2D eigenvalue weighted by Gasteiger charge is 2.21. The molecular formula is C22H26BrFO. The van der Waals surface area contributed by atoms with Crippen LogP contribution in [0.15, 0.2) is 40.9 Å². The first-order valence-corrected chi connectivity index (χ1v) is 10.0. The van der Waals surface area contributed by atoms with Crippen molar-refractivity contribution in [3.8, 4) is 16.9 Å². The standard InChI is InChI=1S/C22H26BrFO/c1-3-4-15-5-7-16(8-6-15)17-9-11-18(12-10-17)19-13-20(23)22(25-2)21(24)14-19/h9-16H,3-8H2,1-2H3. The molecule has 25 heavy (non-hydrogen) atoms. The summed E-state index contributed by atoms with van der Waals surface area (Å²) >= 11 is 3.39. The minimum Gasteiger partial charge on any atom is -0.492 e. The fraction of sp³-hybridized carbons (Fsp3) is 0.455. The molecule has 0 radical (unpaired) electrons. The molecule has 1 saturated carbocycles. The molecule has 0 aliphatic heterocycles. The van der Waals surface area contributed by atoms with Gasteiger partial charge in [0.2, 0.25) is 0 Å². The largest absolute Gasteiger partial charge is 0.492 e. The first kappa shape index (κ1) is 18.4. The van der Waals surface area contributed by atoms with Gasteiger partial charge in [-0.3, -0.25) is 0 Å². The van der Waals surface area contributed by atoms with Crippen LogP contribution in [0.5, 0.6) is 5.75 Å². The van der Waals surface area contributed by atoms with Gasteiger partial charge in [-0.1, -0.05) is 44.0 Å². The van der Waals surface area contributed by atoms with Gasteiger partial charge in [-0.25, -0.2) is 4.39 Å². The van der Waals surface area contributed by atoms with Crippen LogP contribution < -0.4 is 4.74 Å². The fourth-order valence-electron chi connectivity index (χ4n) is 4.06. The van der Waals surface area contributed by atoms with Gasteiger partial charge in [-0.2, -0.15) is 0 Å². The van der Waals surface area contributed by atoms with Crippen LogP contribution in [-0.2, 0) is 0 Å². The number of hydrogen-bond donors (Lipinski definition) is 0. The van der Waals surface area contributed by atoms with Crippen molar-refractivity contribution < 1.29 is 9.13 Å². The lowest BCUT2D eigenvalue weighted by Crippen LogP contribution is -2.13. The molecule has 0 spiro atoms. The van der Waals surface area contributed by atoms with Crippen molar-refractivity contribution in [3.05, 3.63) is 52.3 Å². The van der Waals surface area contributed by atoms with Crippen molar-refractivity contribution in [2.24, 2.45) is 5.92 Å². The van der Waals surface area contributed by atoms with E-state index < -0.39 is 0 Å². The van der Waals surface area contributed by atoms with E-state index in [0.717, 1.165) is 17.0 Å². The summed E-state index contributed by atoms with van der Waals surface area (Å²) < 4.78 is 19.8. The molecule has 1 nitrogen and oxygen atoms in total. The average molecular weight is 405 g/mol. The summed E-state index contributed by atoms with van der Waals surface area (Å²) in [5, 5.41) is 0. The van der Waals surface area contributed by atoms with Crippen LogP contribution in [0.2, 0.25) is 0 Å². The highest BCUT2D eigenvalue weighted by Crippen LogP contribution is 2.38. The Hall–Kier alpha value is -1.35. The van der Waals surface area contributed by atoms with Crippen LogP contribution in [0, 0.1) is 11.7 Å². The lowest BCUT2D eigenvalue weighted by molar-refractivity contribution is 0.308. The average Bonchev–Trinajstić information content (AvgIpc) is 2.62. The Morgan fingerprint density at radius 2 is 1.72 bits per heavy atom. The molecular weight excluding hydrogens is 379 g/mol. The van der Waals surface area contributed by atoms with Crippen LogP contribution in [-0.4, -0.2) is 7.11 Å². The molecule has 1 aliphatic carbocycles. The zero-order chi connectivity index (χ0) is 17.8. The van der Waals surface area contributed by atoms with E-state index in [1.165, 1.54) is 57.3 Å². The zero-order valence-corrected chi connectivity index (χ0v) is 16.6. The van der Waals surface area contributed by atoms with Gasteiger partial charge < -0.3 is 4.74 Å². The van der Waals surface area contributed by atoms with Crippen molar-refractivity contribution in [3.63, 3.8) is 0 Å². The predicted octanol–water partition coefficient (Wildman–Crippen LogP) is 7.34. The predicted molar refractivity (Wildman–Crippen MR) is 106 cm³/mol. The minimum atomic E-state index is -0.342. The highest BCUT2D eigenvalue weighted by molar-refractivity contribution is 9.10. The molecule has 2 aromatic rings. The van der Waals surface area contributed by atoms with Gasteiger partial charge in [-0.15, -0.1) is 0 Å². The third-order valence-corrected chi connectivity index (χ3v) is 6.05. The molecule has 134 valence electrons. The number of benzene rings is 2. The maximum atomic E-state index is 14.1. The number of ether oxygens (including phenoxy) is 1. The van der Waals surface area contributed by atoms with Gasteiger partial charge in [0.15, 0.2) is 11.6 Å². The van der Waals surface area contributed by atoms with Crippen LogP contribution >= 0.6 is 15.9 Å². The van der Waals surface area contributed by atoms with Gasteiger partial charge >= 0.3 is 0 Å². The second-order valence-corrected chi connectivity index (χ2v) is 7.96. The van der Waals surface area contributed by atoms with Crippen LogP contribution in [0.4, 0.5) is 4.39 Å². The quantitative estimate of drug-likeness (QED) is 0.506. The van der Waals surface area contributed by atoms with Gasteiger partial charge in [0.05, 0.1) is 11.6 Å². The number of methoxy groups -OCH3 is 1. The normalized spacial score (nSPS) is 20.5. The molecule has 0 heterocycles. The molecule has 0 atom stereocenters. The second-order valence-electron chi connectivity index (χ2n) is 7.10. The van der Waals surface area contributed by atoms with Crippen LogP contribution in [0.1, 0.15) is 56.9 Å². The van der Waals surface area contributed by atoms with Crippen molar-refractivity contribution in [1.29, 1.82) is 0 Å². The van der Waals surface area contributed by atoms with Gasteiger partial charge in [0.25, 0.3) is 0 Å². The second kappa shape index (κ2) is 8.35. The molecule has 0 amide bonds. The monoisotopic (exact) mass is 404 g/mol. The Morgan fingerprint density at radius 3 is 2.28 bits per heavy atom. The molecule has 0 aromatic heterocycles. The van der Waals surface area contributed by atoms with Crippen LogP contribution in [0.3, 0.4) is 0 Å². The lowest BCUT2D eigenvalue weighted by Gasteiger charge is -2.28. The first-order chi connectivity index (χ1) is 12.1. The van der Waals surface area contributed by atoms with Crippen molar-refractivity contribution in [2.45, 2.75) is 51.4 Å². The zero-order valence-electron chi connectivity index (χ0n) is 15.0. The molecule has 1 fully saturated rings. The van der Waals surface area contributed by atoms with E-state index >= 15 is 0 Å². The van der Waals surface area contributed by atoms with Crippen molar-refractivity contribution >= 4 is 15.9 Å². The SMILES string of the molecule is CCCC1CCC(c2ccc(-c3cc(F)c(OC)c(Br)c3)cc2)CC1. The van der Waals surface area contributed by atoms with Crippen molar-refractivity contribution in [2.75, 3.05) is 7.11 Å². The summed E-state index contributed by atoms with van der Waals surface area (Å²) in [5.74, 6) is 1.52. The molecule has 2 aromatic carbocycles. The Morgan fingerprint density at radius 1 is 1.04 bits per heavy atom. The van der Waals surface area contributed by atoms with E-state index in [1.807, 2.05) is 6.07 Å². The Kier molecular flexibility index (Phi) is 6.16. The summed E-state index contributed by atoms with van der Waals surface area (Å²) in [5.41, 5.74) is 3.32. The van der Waals surface area contributed by atoms with Gasteiger partial charge in [-0.05, 0) is 82.3 Å². The van der Waals surface area contributed by atoms with E-state index in [-0.39, 0.29) is 11.6 Å². The number of rotatable bonds is 5. The summed E-state index contributed by atoms with van der Waals surface area (Å²) in [6.45, 7) is 2.28. The van der Waals surface area contributed by atoms with Gasteiger partial charge in [0.1, 0.15) is 0 Å². The summed E-state index contributed by atoms with van der Waals surface area (Å²) in [7, 11) is 1.48. The third kappa shape index (κ3) is 4.25. The molecule has 0 saturated heterocycles. The number of hydrogen-bond acceptors (Lipinski definition) is 1. The topological polar surface area (TPSA) is 9.23 Å². The van der Waals surface area contributed by atoms with E-state index in [0.29, 0.717) is 10.4 Å². The van der Waals surface area contributed by atoms with E-state index in [1.54, 1.807) is 0 Å². The van der Waals surface area contributed by atoms with Crippen LogP contribution in [0.25, 0.3) is 11.1 Å². The Bertz CT molecular complexity index is 679. The van der Waals surface area contributed by atoms with E-state index in [9.17, 15) is 4.39 Å². The first-order valence-electron chi connectivity index (χ1n) is 9.25. The van der Waals surface area contributed by atoms with Gasteiger partial charge in [0, 0.05) is 0 Å². The smallest absolute Gasteiger partial charge is 0.168 e. The Balaban J connectivity index is 1.73. The molecule has 3 heteroatoms. The third-order valence-electron chi connectivity index (χ3n) is 5.46. The van der Waals surface area contributed by atoms with E-state index in [4.69, 9.17) is 4.74 Å². The minimum absolute atomic E-state index is 0.254. The summed E-state index contributed by atoms with van der Waals surface area (Å²) in [4.78, 5) is 0. The summed E-state index contributed by atoms with van der Waals surface area (Å²) in [6.07, 6.45) is 7.99. The Labute approximate surface area is 158 Å². The lowest BCUT2D eigenvalue weighted by atomic mass is 9.77. The van der Waals surface area contributed by atoms with E-state index in [2.05, 4.69) is 47.1 Å². The maximum Gasteiger partial charge on any atom is 0.168 e. The van der Waals surface area contributed by atoms with Crippen molar-refractivity contribution in [1.82, 2.24) is 0 Å².